The van der Waals surface area contributed by atoms with Gasteiger partial charge in [-0.2, -0.15) is 5.10 Å². The summed E-state index contributed by atoms with van der Waals surface area (Å²) < 4.78 is 1.94. The average Bonchev–Trinajstić information content (AvgIpc) is 3.06. The smallest absolute Gasteiger partial charge is 0.316 e. The average molecular weight is 367 g/mol. The summed E-state index contributed by atoms with van der Waals surface area (Å²) in [6.07, 6.45) is 3.50. The zero-order chi connectivity index (χ0) is 18.5. The van der Waals surface area contributed by atoms with Crippen LogP contribution >= 0.6 is 11.6 Å². The van der Waals surface area contributed by atoms with Crippen LogP contribution < -0.4 is 10.7 Å². The Morgan fingerprint density at radius 3 is 2.73 bits per heavy atom. The number of hydrogen-bond donors (Lipinski definition) is 2. The van der Waals surface area contributed by atoms with E-state index in [0.717, 1.165) is 28.2 Å². The molecule has 2 amide bonds. The summed E-state index contributed by atoms with van der Waals surface area (Å²) in [5, 5.41) is 7.46. The molecule has 1 aromatic heterocycles. The van der Waals surface area contributed by atoms with Gasteiger partial charge in [0.25, 0.3) is 0 Å². The molecule has 0 aliphatic carbocycles. The second-order valence-corrected chi connectivity index (χ2v) is 6.34. The molecule has 3 rings (SSSR count). The summed E-state index contributed by atoms with van der Waals surface area (Å²) in [4.78, 5) is 11.9. The van der Waals surface area contributed by atoms with E-state index in [1.165, 1.54) is 0 Å². The molecular formula is C20H19ClN4O. The topological polar surface area (TPSA) is 58.4 Å². The molecule has 0 aliphatic heterocycles. The van der Waals surface area contributed by atoms with Crippen LogP contribution in [0.4, 0.5) is 10.5 Å². The molecular weight excluding hydrogens is 348 g/mol. The Kier molecular flexibility index (Phi) is 5.39. The molecule has 1 heterocycles. The van der Waals surface area contributed by atoms with Gasteiger partial charge in [0.1, 0.15) is 0 Å². The highest BCUT2D eigenvalue weighted by Crippen LogP contribution is 2.20. The SMILES string of the molecule is Cc1cccc(NC(=O)N/N=C/c2cccn2-c2ccc(C)c(Cl)c2)c1. The van der Waals surface area contributed by atoms with Gasteiger partial charge in [-0.15, -0.1) is 0 Å². The maximum atomic E-state index is 11.9. The van der Waals surface area contributed by atoms with Crippen molar-refractivity contribution in [3.8, 4) is 5.69 Å². The summed E-state index contributed by atoms with van der Waals surface area (Å²) in [5.41, 5.74) is 7.02. The number of nitrogens with one attached hydrogen (secondary N) is 2. The zero-order valence-electron chi connectivity index (χ0n) is 14.5. The van der Waals surface area contributed by atoms with Crippen LogP contribution in [0, 0.1) is 13.8 Å². The van der Waals surface area contributed by atoms with Gasteiger partial charge in [0.15, 0.2) is 0 Å². The molecule has 0 fully saturated rings. The van der Waals surface area contributed by atoms with Gasteiger partial charge in [0, 0.05) is 22.6 Å². The number of nitrogens with zero attached hydrogens (tertiary/aromatic N) is 2. The van der Waals surface area contributed by atoms with E-state index in [-0.39, 0.29) is 0 Å². The number of urea groups is 1. The number of carbonyl (C=O) groups excluding carboxylic acids is 1. The normalized spacial score (nSPS) is 10.9. The van der Waals surface area contributed by atoms with Gasteiger partial charge in [0.2, 0.25) is 0 Å². The van der Waals surface area contributed by atoms with Crippen LogP contribution in [-0.4, -0.2) is 16.8 Å². The Labute approximate surface area is 157 Å². The van der Waals surface area contributed by atoms with Gasteiger partial charge in [-0.3, -0.25) is 0 Å². The van der Waals surface area contributed by atoms with Crippen LogP contribution in [0.1, 0.15) is 16.8 Å². The molecule has 26 heavy (non-hydrogen) atoms. The molecule has 2 aromatic carbocycles. The first-order valence-electron chi connectivity index (χ1n) is 8.13. The monoisotopic (exact) mass is 366 g/mol. The van der Waals surface area contributed by atoms with E-state index >= 15 is 0 Å². The van der Waals surface area contributed by atoms with Crippen LogP contribution in [-0.2, 0) is 0 Å². The van der Waals surface area contributed by atoms with Gasteiger partial charge in [0.05, 0.1) is 11.9 Å². The van der Waals surface area contributed by atoms with Crippen molar-refractivity contribution < 1.29 is 4.79 Å². The maximum absolute atomic E-state index is 11.9. The number of benzene rings is 2. The number of amides is 2. The van der Waals surface area contributed by atoms with E-state index in [1.807, 2.05) is 79.2 Å². The van der Waals surface area contributed by atoms with Crippen molar-refractivity contribution in [3.63, 3.8) is 0 Å². The van der Waals surface area contributed by atoms with Crippen molar-refractivity contribution in [2.24, 2.45) is 5.10 Å². The Hall–Kier alpha value is -3.05. The van der Waals surface area contributed by atoms with E-state index in [0.29, 0.717) is 5.02 Å². The molecule has 132 valence electrons. The Morgan fingerprint density at radius 1 is 1.12 bits per heavy atom. The number of hydrazone groups is 1. The third-order valence-corrected chi connectivity index (χ3v) is 4.26. The van der Waals surface area contributed by atoms with Crippen molar-refractivity contribution in [1.29, 1.82) is 0 Å². The predicted molar refractivity (Wildman–Crippen MR) is 106 cm³/mol. The van der Waals surface area contributed by atoms with Crippen LogP contribution in [0.15, 0.2) is 65.9 Å². The van der Waals surface area contributed by atoms with Crippen molar-refractivity contribution in [3.05, 3.63) is 82.6 Å². The van der Waals surface area contributed by atoms with E-state index < -0.39 is 6.03 Å². The standard InChI is InChI=1S/C20H19ClN4O/c1-14-5-3-6-16(11-14)23-20(26)24-22-13-18-7-4-10-25(18)17-9-8-15(2)19(21)12-17/h3-13H,1-2H3,(H2,23,24,26)/b22-13+. The summed E-state index contributed by atoms with van der Waals surface area (Å²) in [6, 6.07) is 16.8. The highest BCUT2D eigenvalue weighted by atomic mass is 35.5. The molecule has 0 aliphatic rings. The predicted octanol–water partition coefficient (Wildman–Crippen LogP) is 4.90. The van der Waals surface area contributed by atoms with Crippen molar-refractivity contribution in [2.75, 3.05) is 5.32 Å². The Morgan fingerprint density at radius 2 is 1.96 bits per heavy atom. The lowest BCUT2D eigenvalue weighted by Gasteiger charge is -2.08. The molecule has 0 unspecified atom stereocenters. The van der Waals surface area contributed by atoms with Gasteiger partial charge >= 0.3 is 6.03 Å². The minimum absolute atomic E-state index is 0.400. The third kappa shape index (κ3) is 4.32. The minimum atomic E-state index is -0.400. The lowest BCUT2D eigenvalue weighted by atomic mass is 10.2. The van der Waals surface area contributed by atoms with Crippen LogP contribution in [0.3, 0.4) is 0 Å². The third-order valence-electron chi connectivity index (χ3n) is 3.85. The lowest BCUT2D eigenvalue weighted by molar-refractivity contribution is 0.252. The largest absolute Gasteiger partial charge is 0.339 e. The molecule has 0 saturated heterocycles. The fourth-order valence-electron chi connectivity index (χ4n) is 2.50. The van der Waals surface area contributed by atoms with Gasteiger partial charge in [-0.05, 0) is 61.4 Å². The maximum Gasteiger partial charge on any atom is 0.339 e. The van der Waals surface area contributed by atoms with Gasteiger partial charge in [-0.25, -0.2) is 10.2 Å². The molecule has 0 saturated carbocycles. The van der Waals surface area contributed by atoms with Crippen molar-refractivity contribution >= 4 is 29.5 Å². The van der Waals surface area contributed by atoms with E-state index in [2.05, 4.69) is 15.8 Å². The number of aromatic nitrogens is 1. The number of carbonyl (C=O) groups is 1. The molecule has 6 heteroatoms. The van der Waals surface area contributed by atoms with Crippen LogP contribution in [0.25, 0.3) is 5.69 Å². The van der Waals surface area contributed by atoms with Crippen LogP contribution in [0.2, 0.25) is 5.02 Å². The molecule has 0 spiro atoms. The number of rotatable bonds is 4. The molecule has 0 atom stereocenters. The van der Waals surface area contributed by atoms with E-state index in [1.54, 1.807) is 6.21 Å². The molecule has 0 bridgehead atoms. The first-order chi connectivity index (χ1) is 12.5. The lowest BCUT2D eigenvalue weighted by Crippen LogP contribution is -2.24. The second-order valence-electron chi connectivity index (χ2n) is 5.93. The van der Waals surface area contributed by atoms with Gasteiger partial charge < -0.3 is 9.88 Å². The second kappa shape index (κ2) is 7.89. The Balaban J connectivity index is 1.67. The minimum Gasteiger partial charge on any atom is -0.316 e. The highest BCUT2D eigenvalue weighted by Gasteiger charge is 2.04. The number of anilines is 1. The fourth-order valence-corrected chi connectivity index (χ4v) is 2.68. The van der Waals surface area contributed by atoms with Gasteiger partial charge in [-0.1, -0.05) is 29.8 Å². The number of halogens is 1. The quantitative estimate of drug-likeness (QED) is 0.500. The van der Waals surface area contributed by atoms with E-state index in [4.69, 9.17) is 11.6 Å². The number of aryl methyl sites for hydroxylation is 2. The Bertz CT molecular complexity index is 962. The molecule has 3 aromatic rings. The molecule has 5 nitrogen and oxygen atoms in total. The van der Waals surface area contributed by atoms with Crippen LogP contribution in [0.5, 0.6) is 0 Å². The molecule has 2 N–H and O–H groups in total. The summed E-state index contributed by atoms with van der Waals surface area (Å²) >= 11 is 6.20. The fraction of sp³-hybridized carbons (Fsp3) is 0.100. The first-order valence-corrected chi connectivity index (χ1v) is 8.51. The highest BCUT2D eigenvalue weighted by molar-refractivity contribution is 6.31. The summed E-state index contributed by atoms with van der Waals surface area (Å²) in [6.45, 7) is 3.92. The van der Waals surface area contributed by atoms with Crippen molar-refractivity contribution in [2.45, 2.75) is 13.8 Å². The summed E-state index contributed by atoms with van der Waals surface area (Å²) in [7, 11) is 0. The van der Waals surface area contributed by atoms with E-state index in [9.17, 15) is 4.79 Å². The van der Waals surface area contributed by atoms with Crippen molar-refractivity contribution in [1.82, 2.24) is 9.99 Å². The molecule has 0 radical (unpaired) electrons. The number of hydrogen-bond acceptors (Lipinski definition) is 2. The summed E-state index contributed by atoms with van der Waals surface area (Å²) in [5.74, 6) is 0. The zero-order valence-corrected chi connectivity index (χ0v) is 15.3. The first kappa shape index (κ1) is 17.8.